The molecular formula is C22H23N5O4. The van der Waals surface area contributed by atoms with Crippen molar-refractivity contribution < 1.29 is 14.5 Å². The van der Waals surface area contributed by atoms with E-state index in [1.54, 1.807) is 17.9 Å². The molecule has 0 radical (unpaired) electrons. The van der Waals surface area contributed by atoms with Crippen molar-refractivity contribution in [3.05, 3.63) is 70.4 Å². The SMILES string of the molecule is CC(C(=O)Nc1cccc([N+](=O)[O-])c1)N1CCN(C(=O)c2cc3ccccc3[nH]2)CC1. The summed E-state index contributed by atoms with van der Waals surface area (Å²) in [6, 6.07) is 15.1. The fraction of sp³-hybridized carbons (Fsp3) is 0.273. The largest absolute Gasteiger partial charge is 0.351 e. The highest BCUT2D eigenvalue weighted by atomic mass is 16.6. The molecule has 1 aromatic heterocycles. The topological polar surface area (TPSA) is 112 Å². The highest BCUT2D eigenvalue weighted by Gasteiger charge is 2.28. The second-order valence-corrected chi connectivity index (χ2v) is 7.57. The van der Waals surface area contributed by atoms with Crippen LogP contribution in [0.5, 0.6) is 0 Å². The molecular weight excluding hydrogens is 398 g/mol. The van der Waals surface area contributed by atoms with Crippen molar-refractivity contribution in [2.45, 2.75) is 13.0 Å². The number of hydrogen-bond donors (Lipinski definition) is 2. The number of H-pyrrole nitrogens is 1. The van der Waals surface area contributed by atoms with Crippen LogP contribution in [0, 0.1) is 10.1 Å². The van der Waals surface area contributed by atoms with E-state index in [0.717, 1.165) is 10.9 Å². The normalized spacial score (nSPS) is 15.6. The molecule has 0 aliphatic carbocycles. The van der Waals surface area contributed by atoms with Crippen LogP contribution in [-0.4, -0.2) is 63.7 Å². The molecule has 9 heteroatoms. The van der Waals surface area contributed by atoms with Gasteiger partial charge in [-0.1, -0.05) is 24.3 Å². The van der Waals surface area contributed by atoms with Gasteiger partial charge in [-0.3, -0.25) is 24.6 Å². The molecule has 1 atom stereocenters. The first kappa shape index (κ1) is 20.5. The molecule has 2 N–H and O–H groups in total. The average molecular weight is 421 g/mol. The summed E-state index contributed by atoms with van der Waals surface area (Å²) < 4.78 is 0. The third kappa shape index (κ3) is 4.41. The molecule has 1 aliphatic heterocycles. The number of amides is 2. The zero-order chi connectivity index (χ0) is 22.0. The molecule has 4 rings (SSSR count). The van der Waals surface area contributed by atoms with Crippen LogP contribution in [0.1, 0.15) is 17.4 Å². The number of para-hydroxylation sites is 1. The number of aromatic nitrogens is 1. The monoisotopic (exact) mass is 421 g/mol. The van der Waals surface area contributed by atoms with Gasteiger partial charge in [-0.05, 0) is 25.1 Å². The van der Waals surface area contributed by atoms with Crippen LogP contribution < -0.4 is 5.32 Å². The molecule has 0 saturated carbocycles. The number of piperazine rings is 1. The van der Waals surface area contributed by atoms with Gasteiger partial charge in [-0.15, -0.1) is 0 Å². The Morgan fingerprint density at radius 3 is 2.52 bits per heavy atom. The quantitative estimate of drug-likeness (QED) is 0.486. The second-order valence-electron chi connectivity index (χ2n) is 7.57. The summed E-state index contributed by atoms with van der Waals surface area (Å²) in [6.07, 6.45) is 0. The lowest BCUT2D eigenvalue weighted by Gasteiger charge is -2.37. The number of nitro benzene ring substituents is 1. The summed E-state index contributed by atoms with van der Waals surface area (Å²) in [6.45, 7) is 3.96. The number of carbonyl (C=O) groups excluding carboxylic acids is 2. The van der Waals surface area contributed by atoms with E-state index in [1.807, 2.05) is 35.2 Å². The Kier molecular flexibility index (Phi) is 5.68. The number of nitrogens with one attached hydrogen (secondary N) is 2. The second kappa shape index (κ2) is 8.57. The molecule has 2 heterocycles. The highest BCUT2D eigenvalue weighted by Crippen LogP contribution is 2.19. The van der Waals surface area contributed by atoms with E-state index in [1.165, 1.54) is 18.2 Å². The minimum atomic E-state index is -0.498. The molecule has 1 saturated heterocycles. The summed E-state index contributed by atoms with van der Waals surface area (Å²) in [7, 11) is 0. The molecule has 2 amide bonds. The minimum Gasteiger partial charge on any atom is -0.351 e. The third-order valence-electron chi connectivity index (χ3n) is 5.61. The van der Waals surface area contributed by atoms with Gasteiger partial charge in [0.05, 0.1) is 11.0 Å². The van der Waals surface area contributed by atoms with Gasteiger partial charge in [0.25, 0.3) is 11.6 Å². The third-order valence-corrected chi connectivity index (χ3v) is 5.61. The van der Waals surface area contributed by atoms with E-state index in [4.69, 9.17) is 0 Å². The highest BCUT2D eigenvalue weighted by molar-refractivity contribution is 5.98. The first-order chi connectivity index (χ1) is 14.9. The number of non-ortho nitro benzene ring substituents is 1. The van der Waals surface area contributed by atoms with Crippen molar-refractivity contribution >= 4 is 34.1 Å². The van der Waals surface area contributed by atoms with Crippen LogP contribution in [0.2, 0.25) is 0 Å². The Morgan fingerprint density at radius 1 is 1.06 bits per heavy atom. The lowest BCUT2D eigenvalue weighted by Crippen LogP contribution is -2.54. The van der Waals surface area contributed by atoms with E-state index in [0.29, 0.717) is 37.6 Å². The van der Waals surface area contributed by atoms with Gasteiger partial charge in [0.2, 0.25) is 5.91 Å². The van der Waals surface area contributed by atoms with Crippen molar-refractivity contribution in [1.29, 1.82) is 0 Å². The Labute approximate surface area is 178 Å². The molecule has 1 fully saturated rings. The molecule has 3 aromatic rings. The van der Waals surface area contributed by atoms with Crippen molar-refractivity contribution in [3.63, 3.8) is 0 Å². The average Bonchev–Trinajstić information content (AvgIpc) is 3.22. The number of hydrogen-bond acceptors (Lipinski definition) is 5. The van der Waals surface area contributed by atoms with E-state index >= 15 is 0 Å². The van der Waals surface area contributed by atoms with Crippen molar-refractivity contribution in [2.24, 2.45) is 0 Å². The van der Waals surface area contributed by atoms with Crippen molar-refractivity contribution in [1.82, 2.24) is 14.8 Å². The number of rotatable bonds is 5. The van der Waals surface area contributed by atoms with Gasteiger partial charge in [-0.25, -0.2) is 0 Å². The Morgan fingerprint density at radius 2 is 1.81 bits per heavy atom. The number of carbonyl (C=O) groups is 2. The maximum atomic E-state index is 12.8. The first-order valence-electron chi connectivity index (χ1n) is 10.1. The molecule has 160 valence electrons. The van der Waals surface area contributed by atoms with E-state index in [9.17, 15) is 19.7 Å². The summed E-state index contributed by atoms with van der Waals surface area (Å²) in [5.74, 6) is -0.291. The standard InChI is InChI=1S/C22H23N5O4/c1-15(21(28)23-17-6-4-7-18(14-17)27(30)31)25-9-11-26(12-10-25)22(29)20-13-16-5-2-3-8-19(16)24-20/h2-8,13-15,24H,9-12H2,1H3,(H,23,28). The zero-order valence-electron chi connectivity index (χ0n) is 17.1. The summed E-state index contributed by atoms with van der Waals surface area (Å²) in [4.78, 5) is 42.8. The molecule has 2 aromatic carbocycles. The number of benzene rings is 2. The number of nitro groups is 1. The summed E-state index contributed by atoms with van der Waals surface area (Å²) >= 11 is 0. The lowest BCUT2D eigenvalue weighted by atomic mass is 10.2. The van der Waals surface area contributed by atoms with Gasteiger partial charge in [0.1, 0.15) is 5.69 Å². The number of fused-ring (bicyclic) bond motifs is 1. The molecule has 31 heavy (non-hydrogen) atoms. The summed E-state index contributed by atoms with van der Waals surface area (Å²) in [5.41, 5.74) is 1.80. The van der Waals surface area contributed by atoms with Gasteiger partial charge in [0.15, 0.2) is 0 Å². The van der Waals surface area contributed by atoms with E-state index < -0.39 is 11.0 Å². The summed E-state index contributed by atoms with van der Waals surface area (Å²) in [5, 5.41) is 14.6. The predicted molar refractivity (Wildman–Crippen MR) is 117 cm³/mol. The van der Waals surface area contributed by atoms with Gasteiger partial charge >= 0.3 is 0 Å². The van der Waals surface area contributed by atoms with Crippen LogP contribution in [0.25, 0.3) is 10.9 Å². The Bertz CT molecular complexity index is 1100. The number of anilines is 1. The molecule has 0 bridgehead atoms. The van der Waals surface area contributed by atoms with Crippen LogP contribution in [0.3, 0.4) is 0 Å². The Balaban J connectivity index is 1.34. The van der Waals surface area contributed by atoms with E-state index in [-0.39, 0.29) is 17.5 Å². The maximum Gasteiger partial charge on any atom is 0.271 e. The Hall–Kier alpha value is -3.72. The molecule has 1 aliphatic rings. The first-order valence-corrected chi connectivity index (χ1v) is 10.1. The van der Waals surface area contributed by atoms with Crippen LogP contribution in [-0.2, 0) is 4.79 Å². The minimum absolute atomic E-state index is 0.0513. The molecule has 9 nitrogen and oxygen atoms in total. The lowest BCUT2D eigenvalue weighted by molar-refractivity contribution is -0.384. The van der Waals surface area contributed by atoms with Gasteiger partial charge in [-0.2, -0.15) is 0 Å². The molecule has 1 unspecified atom stereocenters. The predicted octanol–water partition coefficient (Wildman–Crippen LogP) is 2.86. The van der Waals surface area contributed by atoms with Crippen LogP contribution in [0.4, 0.5) is 11.4 Å². The molecule has 0 spiro atoms. The maximum absolute atomic E-state index is 12.8. The van der Waals surface area contributed by atoms with Gasteiger partial charge in [0, 0.05) is 54.9 Å². The van der Waals surface area contributed by atoms with E-state index in [2.05, 4.69) is 10.3 Å². The smallest absolute Gasteiger partial charge is 0.271 e. The number of nitrogens with zero attached hydrogens (tertiary/aromatic N) is 3. The van der Waals surface area contributed by atoms with Crippen LogP contribution in [0.15, 0.2) is 54.6 Å². The fourth-order valence-electron chi connectivity index (χ4n) is 3.78. The van der Waals surface area contributed by atoms with Crippen LogP contribution >= 0.6 is 0 Å². The van der Waals surface area contributed by atoms with Gasteiger partial charge < -0.3 is 15.2 Å². The fourth-order valence-corrected chi connectivity index (χ4v) is 3.78. The van der Waals surface area contributed by atoms with Crippen molar-refractivity contribution in [3.8, 4) is 0 Å². The number of aromatic amines is 1. The zero-order valence-corrected chi connectivity index (χ0v) is 17.1. The van der Waals surface area contributed by atoms with Crippen molar-refractivity contribution in [2.75, 3.05) is 31.5 Å².